The third-order valence-electron chi connectivity index (χ3n) is 2.32. The van der Waals surface area contributed by atoms with Gasteiger partial charge in [-0.1, -0.05) is 12.1 Å². The molecule has 92 valence electrons. The summed E-state index contributed by atoms with van der Waals surface area (Å²) in [5, 5.41) is 8.82. The van der Waals surface area contributed by atoms with E-state index in [1.807, 2.05) is 31.2 Å². The highest BCUT2D eigenvalue weighted by atomic mass is 16.4. The number of nitrogens with two attached hydrogens (primary N) is 1. The Morgan fingerprint density at radius 1 is 1.41 bits per heavy atom. The van der Waals surface area contributed by atoms with Crippen LogP contribution in [0.25, 0.3) is 0 Å². The van der Waals surface area contributed by atoms with Gasteiger partial charge in [-0.15, -0.1) is 0 Å². The molecule has 3 N–H and O–H groups in total. The Kier molecular flexibility index (Phi) is 4.51. The smallest absolute Gasteiger partial charge is 0.323 e. The average molecular weight is 236 g/mol. The van der Waals surface area contributed by atoms with Gasteiger partial charge < -0.3 is 15.7 Å². The molecule has 5 heteroatoms. The van der Waals surface area contributed by atoms with Crippen LogP contribution < -0.4 is 10.6 Å². The summed E-state index contributed by atoms with van der Waals surface area (Å²) in [6.07, 6.45) is 0.140. The molecule has 17 heavy (non-hydrogen) atoms. The summed E-state index contributed by atoms with van der Waals surface area (Å²) < 4.78 is 0. The van der Waals surface area contributed by atoms with E-state index in [4.69, 9.17) is 10.8 Å². The lowest BCUT2D eigenvalue weighted by molar-refractivity contribution is -0.135. The quantitative estimate of drug-likeness (QED) is 0.763. The van der Waals surface area contributed by atoms with Crippen LogP contribution in [0, 0.1) is 6.92 Å². The van der Waals surface area contributed by atoms with Gasteiger partial charge in [-0.2, -0.15) is 0 Å². The van der Waals surface area contributed by atoms with Gasteiger partial charge in [-0.25, -0.2) is 0 Å². The van der Waals surface area contributed by atoms with Crippen molar-refractivity contribution in [2.24, 2.45) is 5.73 Å². The fourth-order valence-corrected chi connectivity index (χ4v) is 1.53. The summed E-state index contributed by atoms with van der Waals surface area (Å²) in [6.45, 7) is 2.10. The van der Waals surface area contributed by atoms with Crippen molar-refractivity contribution >= 4 is 17.6 Å². The molecule has 1 aromatic rings. The zero-order valence-electron chi connectivity index (χ0n) is 9.72. The molecule has 0 aliphatic heterocycles. The van der Waals surface area contributed by atoms with Crippen LogP contribution in [0.2, 0.25) is 0 Å². The molecule has 0 atom stereocenters. The summed E-state index contributed by atoms with van der Waals surface area (Å²) in [5.74, 6) is -1.37. The second-order valence-corrected chi connectivity index (χ2v) is 3.87. The standard InChI is InChI=1S/C12H16N2O3/c1-9-3-2-4-10(7-9)14(8-12(16)17)6-5-11(13)15/h2-4,7H,5-6,8H2,1H3,(H2,13,15)(H,16,17). The predicted octanol–water partition coefficient (Wildman–Crippen LogP) is 0.761. The van der Waals surface area contributed by atoms with Crippen LogP contribution in [0.5, 0.6) is 0 Å². The maximum Gasteiger partial charge on any atom is 0.323 e. The minimum absolute atomic E-state index is 0.140. The molecule has 1 rings (SSSR count). The first-order valence-corrected chi connectivity index (χ1v) is 5.31. The Labute approximate surface area is 99.8 Å². The molecule has 0 aliphatic rings. The minimum Gasteiger partial charge on any atom is -0.480 e. The van der Waals surface area contributed by atoms with Crippen molar-refractivity contribution in [1.82, 2.24) is 0 Å². The van der Waals surface area contributed by atoms with Gasteiger partial charge in [-0.05, 0) is 24.6 Å². The molecular weight excluding hydrogens is 220 g/mol. The van der Waals surface area contributed by atoms with Crippen molar-refractivity contribution in [3.8, 4) is 0 Å². The molecule has 0 fully saturated rings. The van der Waals surface area contributed by atoms with Gasteiger partial charge >= 0.3 is 5.97 Å². The molecule has 0 spiro atoms. The van der Waals surface area contributed by atoms with Crippen LogP contribution in [-0.4, -0.2) is 30.1 Å². The highest BCUT2D eigenvalue weighted by Crippen LogP contribution is 2.15. The Morgan fingerprint density at radius 3 is 2.65 bits per heavy atom. The Balaban J connectivity index is 2.81. The molecule has 0 radical (unpaired) electrons. The van der Waals surface area contributed by atoms with E-state index in [-0.39, 0.29) is 13.0 Å². The SMILES string of the molecule is Cc1cccc(N(CCC(N)=O)CC(=O)O)c1. The lowest BCUT2D eigenvalue weighted by atomic mass is 10.2. The van der Waals surface area contributed by atoms with E-state index in [0.717, 1.165) is 11.3 Å². The lowest BCUT2D eigenvalue weighted by Crippen LogP contribution is -2.32. The van der Waals surface area contributed by atoms with Crippen LogP contribution >= 0.6 is 0 Å². The highest BCUT2D eigenvalue weighted by Gasteiger charge is 2.11. The first-order chi connectivity index (χ1) is 7.99. The van der Waals surface area contributed by atoms with Gasteiger partial charge in [0.25, 0.3) is 0 Å². The minimum atomic E-state index is -0.934. The fourth-order valence-electron chi connectivity index (χ4n) is 1.53. The first-order valence-electron chi connectivity index (χ1n) is 5.31. The molecule has 0 bridgehead atoms. The van der Waals surface area contributed by atoms with Crippen molar-refractivity contribution in [1.29, 1.82) is 0 Å². The molecule has 1 aromatic carbocycles. The van der Waals surface area contributed by atoms with E-state index >= 15 is 0 Å². The summed E-state index contributed by atoms with van der Waals surface area (Å²) in [5.41, 5.74) is 6.89. The van der Waals surface area contributed by atoms with Crippen LogP contribution in [-0.2, 0) is 9.59 Å². The molecule has 0 unspecified atom stereocenters. The number of carbonyl (C=O) groups excluding carboxylic acids is 1. The first kappa shape index (κ1) is 13.0. The number of rotatable bonds is 6. The number of benzene rings is 1. The summed E-state index contributed by atoms with van der Waals surface area (Å²) in [7, 11) is 0. The van der Waals surface area contributed by atoms with Gasteiger partial charge in [0, 0.05) is 18.7 Å². The van der Waals surface area contributed by atoms with Gasteiger partial charge in [0.05, 0.1) is 0 Å². The number of carbonyl (C=O) groups is 2. The molecule has 0 aliphatic carbocycles. The number of nitrogens with zero attached hydrogens (tertiary/aromatic N) is 1. The zero-order valence-corrected chi connectivity index (χ0v) is 9.72. The maximum atomic E-state index is 10.8. The Hall–Kier alpha value is -2.04. The number of amides is 1. The number of anilines is 1. The molecule has 0 saturated carbocycles. The zero-order chi connectivity index (χ0) is 12.8. The van der Waals surface area contributed by atoms with Crippen molar-refractivity contribution < 1.29 is 14.7 Å². The summed E-state index contributed by atoms with van der Waals surface area (Å²) >= 11 is 0. The number of carboxylic acids is 1. The molecular formula is C12H16N2O3. The van der Waals surface area contributed by atoms with Crippen molar-refractivity contribution in [3.63, 3.8) is 0 Å². The molecule has 0 aromatic heterocycles. The molecule has 5 nitrogen and oxygen atoms in total. The monoisotopic (exact) mass is 236 g/mol. The van der Waals surface area contributed by atoms with E-state index < -0.39 is 11.9 Å². The van der Waals surface area contributed by atoms with E-state index in [2.05, 4.69) is 0 Å². The molecule has 0 heterocycles. The van der Waals surface area contributed by atoms with Crippen molar-refractivity contribution in [2.75, 3.05) is 18.0 Å². The summed E-state index contributed by atoms with van der Waals surface area (Å²) in [6, 6.07) is 7.47. The summed E-state index contributed by atoms with van der Waals surface area (Å²) in [4.78, 5) is 23.1. The van der Waals surface area contributed by atoms with Gasteiger partial charge in [-0.3, -0.25) is 9.59 Å². The number of hydrogen-bond donors (Lipinski definition) is 2. The van der Waals surface area contributed by atoms with Gasteiger partial charge in [0.2, 0.25) is 5.91 Å². The van der Waals surface area contributed by atoms with E-state index in [1.54, 1.807) is 4.90 Å². The molecule has 0 saturated heterocycles. The highest BCUT2D eigenvalue weighted by molar-refractivity contribution is 5.76. The Bertz CT molecular complexity index is 418. The third kappa shape index (κ3) is 4.55. The largest absolute Gasteiger partial charge is 0.480 e. The lowest BCUT2D eigenvalue weighted by Gasteiger charge is -2.22. The number of aryl methyl sites for hydroxylation is 1. The van der Waals surface area contributed by atoms with E-state index in [0.29, 0.717) is 6.54 Å². The number of hydrogen-bond acceptors (Lipinski definition) is 3. The average Bonchev–Trinajstić information content (AvgIpc) is 2.23. The van der Waals surface area contributed by atoms with E-state index in [1.165, 1.54) is 0 Å². The van der Waals surface area contributed by atoms with Gasteiger partial charge in [0.1, 0.15) is 6.54 Å². The Morgan fingerprint density at radius 2 is 2.12 bits per heavy atom. The van der Waals surface area contributed by atoms with Crippen molar-refractivity contribution in [2.45, 2.75) is 13.3 Å². The van der Waals surface area contributed by atoms with E-state index in [9.17, 15) is 9.59 Å². The van der Waals surface area contributed by atoms with Crippen LogP contribution in [0.3, 0.4) is 0 Å². The number of aliphatic carboxylic acids is 1. The third-order valence-corrected chi connectivity index (χ3v) is 2.32. The second-order valence-electron chi connectivity index (χ2n) is 3.87. The molecule has 1 amide bonds. The maximum absolute atomic E-state index is 10.8. The van der Waals surface area contributed by atoms with Crippen LogP contribution in [0.15, 0.2) is 24.3 Å². The fraction of sp³-hybridized carbons (Fsp3) is 0.333. The van der Waals surface area contributed by atoms with Gasteiger partial charge in [0.15, 0.2) is 0 Å². The topological polar surface area (TPSA) is 83.6 Å². The predicted molar refractivity (Wildman–Crippen MR) is 64.8 cm³/mol. The van der Waals surface area contributed by atoms with Crippen LogP contribution in [0.1, 0.15) is 12.0 Å². The number of primary amides is 1. The number of carboxylic acid groups (broad SMARTS) is 1. The normalized spacial score (nSPS) is 9.94. The van der Waals surface area contributed by atoms with Crippen molar-refractivity contribution in [3.05, 3.63) is 29.8 Å². The second kappa shape index (κ2) is 5.89. The van der Waals surface area contributed by atoms with Crippen LogP contribution in [0.4, 0.5) is 5.69 Å².